The molecule has 0 saturated carbocycles. The second kappa shape index (κ2) is 9.34. The Morgan fingerprint density at radius 3 is 2.52 bits per heavy atom. The number of methoxy groups -OCH3 is 2. The van der Waals surface area contributed by atoms with Gasteiger partial charge in [-0.1, -0.05) is 35.9 Å². The summed E-state index contributed by atoms with van der Waals surface area (Å²) in [6.45, 7) is 0.0818. The fourth-order valence-corrected chi connectivity index (χ4v) is 4.07. The molecule has 168 valence electrons. The second-order valence-electron chi connectivity index (χ2n) is 7.34. The highest BCUT2D eigenvalue weighted by Gasteiger charge is 2.47. The predicted octanol–water partition coefficient (Wildman–Crippen LogP) is 4.37. The molecule has 0 radical (unpaired) electrons. The standard InChI is InChI=1S/C25H21ClN2O5/c1-32-16-10-11-18(26)17(13-16)23(29)21-22(19-8-5-6-12-27-19)28(25(31)24(21)30)14-15-7-3-4-9-20(15)33-2/h3-13,22,29H,14H2,1-2H3/b23-21+. The lowest BCUT2D eigenvalue weighted by atomic mass is 9.98. The van der Waals surface area contributed by atoms with Gasteiger partial charge in [-0.2, -0.15) is 0 Å². The third-order valence-corrected chi connectivity index (χ3v) is 5.80. The summed E-state index contributed by atoms with van der Waals surface area (Å²) in [7, 11) is 3.01. The van der Waals surface area contributed by atoms with E-state index in [4.69, 9.17) is 21.1 Å². The van der Waals surface area contributed by atoms with E-state index in [0.29, 0.717) is 22.8 Å². The van der Waals surface area contributed by atoms with E-state index < -0.39 is 23.5 Å². The number of aliphatic hydroxyl groups excluding tert-OH is 1. The van der Waals surface area contributed by atoms with Crippen molar-refractivity contribution in [3.63, 3.8) is 0 Å². The zero-order valence-corrected chi connectivity index (χ0v) is 18.7. The van der Waals surface area contributed by atoms with Gasteiger partial charge in [0.1, 0.15) is 23.3 Å². The van der Waals surface area contributed by atoms with Crippen LogP contribution in [0.5, 0.6) is 11.5 Å². The van der Waals surface area contributed by atoms with Gasteiger partial charge in [0, 0.05) is 17.3 Å². The molecular formula is C25H21ClN2O5. The molecule has 8 heteroatoms. The summed E-state index contributed by atoms with van der Waals surface area (Å²) in [6.07, 6.45) is 1.57. The monoisotopic (exact) mass is 464 g/mol. The molecule has 1 fully saturated rings. The van der Waals surface area contributed by atoms with Crippen LogP contribution in [0.4, 0.5) is 0 Å². The number of pyridine rings is 1. The van der Waals surface area contributed by atoms with Crippen LogP contribution in [0.1, 0.15) is 22.9 Å². The van der Waals surface area contributed by atoms with Crippen LogP contribution in [0.2, 0.25) is 5.02 Å². The third kappa shape index (κ3) is 4.15. The van der Waals surface area contributed by atoms with Crippen molar-refractivity contribution in [1.82, 2.24) is 9.88 Å². The van der Waals surface area contributed by atoms with Crippen LogP contribution >= 0.6 is 11.6 Å². The molecule has 1 aliphatic heterocycles. The summed E-state index contributed by atoms with van der Waals surface area (Å²) in [5.74, 6) is -0.946. The first kappa shape index (κ1) is 22.4. The highest BCUT2D eigenvalue weighted by atomic mass is 35.5. The predicted molar refractivity (Wildman–Crippen MR) is 123 cm³/mol. The van der Waals surface area contributed by atoms with Crippen LogP contribution in [-0.4, -0.2) is 40.9 Å². The van der Waals surface area contributed by atoms with Crippen LogP contribution < -0.4 is 9.47 Å². The van der Waals surface area contributed by atoms with Crippen molar-refractivity contribution in [2.75, 3.05) is 14.2 Å². The molecule has 4 rings (SSSR count). The minimum atomic E-state index is -0.918. The molecule has 1 unspecified atom stereocenters. The van der Waals surface area contributed by atoms with Crippen molar-refractivity contribution in [2.45, 2.75) is 12.6 Å². The molecule has 2 heterocycles. The number of ether oxygens (including phenoxy) is 2. The van der Waals surface area contributed by atoms with Crippen molar-refractivity contribution in [3.8, 4) is 11.5 Å². The average molecular weight is 465 g/mol. The van der Waals surface area contributed by atoms with Crippen LogP contribution in [0, 0.1) is 0 Å². The number of Topliss-reactive ketones (excluding diaryl/α,β-unsaturated/α-hetero) is 1. The number of nitrogens with zero attached hydrogens (tertiary/aromatic N) is 2. The first-order valence-corrected chi connectivity index (χ1v) is 10.5. The quantitative estimate of drug-likeness (QED) is 0.331. The van der Waals surface area contributed by atoms with Crippen molar-refractivity contribution in [2.24, 2.45) is 0 Å². The van der Waals surface area contributed by atoms with E-state index in [0.717, 1.165) is 0 Å². The Balaban J connectivity index is 1.89. The summed E-state index contributed by atoms with van der Waals surface area (Å²) in [4.78, 5) is 32.1. The molecule has 1 N–H and O–H groups in total. The number of hydrogen-bond donors (Lipinski definition) is 1. The molecule has 3 aromatic rings. The molecule has 0 spiro atoms. The summed E-state index contributed by atoms with van der Waals surface area (Å²) in [5.41, 5.74) is 1.24. The van der Waals surface area contributed by atoms with E-state index in [2.05, 4.69) is 4.98 Å². The van der Waals surface area contributed by atoms with E-state index >= 15 is 0 Å². The van der Waals surface area contributed by atoms with Gasteiger partial charge in [0.2, 0.25) is 0 Å². The van der Waals surface area contributed by atoms with Gasteiger partial charge in [-0.15, -0.1) is 0 Å². The second-order valence-corrected chi connectivity index (χ2v) is 7.75. The molecule has 1 atom stereocenters. The summed E-state index contributed by atoms with van der Waals surface area (Å²) >= 11 is 6.32. The summed E-state index contributed by atoms with van der Waals surface area (Å²) in [6, 6.07) is 16.2. The minimum absolute atomic E-state index is 0.0818. The Morgan fingerprint density at radius 2 is 1.82 bits per heavy atom. The first-order chi connectivity index (χ1) is 16.0. The van der Waals surface area contributed by atoms with Crippen LogP contribution in [-0.2, 0) is 16.1 Å². The van der Waals surface area contributed by atoms with Crippen molar-refractivity contribution in [1.29, 1.82) is 0 Å². The van der Waals surface area contributed by atoms with E-state index in [-0.39, 0.29) is 22.7 Å². The van der Waals surface area contributed by atoms with Gasteiger partial charge in [-0.25, -0.2) is 0 Å². The van der Waals surface area contributed by atoms with Crippen LogP contribution in [0.3, 0.4) is 0 Å². The maximum absolute atomic E-state index is 13.2. The molecule has 7 nitrogen and oxygen atoms in total. The number of carbonyl (C=O) groups is 2. The Morgan fingerprint density at radius 1 is 1.06 bits per heavy atom. The molecule has 0 bridgehead atoms. The van der Waals surface area contributed by atoms with Gasteiger partial charge in [0.15, 0.2) is 0 Å². The lowest BCUT2D eigenvalue weighted by molar-refractivity contribution is -0.140. The summed E-state index contributed by atoms with van der Waals surface area (Å²) < 4.78 is 10.6. The molecular weight excluding hydrogens is 444 g/mol. The smallest absolute Gasteiger partial charge is 0.296 e. The molecule has 1 aromatic heterocycles. The number of benzene rings is 2. The lowest BCUT2D eigenvalue weighted by Crippen LogP contribution is -2.29. The lowest BCUT2D eigenvalue weighted by Gasteiger charge is -2.25. The fourth-order valence-electron chi connectivity index (χ4n) is 3.86. The zero-order valence-electron chi connectivity index (χ0n) is 18.0. The van der Waals surface area contributed by atoms with E-state index in [9.17, 15) is 14.7 Å². The number of amides is 1. The SMILES string of the molecule is COc1ccc(Cl)c(/C(O)=C2\C(=O)C(=O)N(Cc3ccccc3OC)C2c2ccccn2)c1. The number of aliphatic hydroxyl groups is 1. The van der Waals surface area contributed by atoms with Crippen LogP contribution in [0.25, 0.3) is 5.76 Å². The molecule has 1 amide bonds. The fraction of sp³-hybridized carbons (Fsp3) is 0.160. The Kier molecular flexibility index (Phi) is 6.33. The molecule has 2 aromatic carbocycles. The highest BCUT2D eigenvalue weighted by Crippen LogP contribution is 2.41. The van der Waals surface area contributed by atoms with Crippen molar-refractivity contribution < 1.29 is 24.2 Å². The molecule has 0 aliphatic carbocycles. The number of halogens is 1. The normalized spacial score (nSPS) is 17.3. The van der Waals surface area contributed by atoms with Gasteiger partial charge in [-0.05, 0) is 36.4 Å². The van der Waals surface area contributed by atoms with Gasteiger partial charge in [0.05, 0.1) is 37.1 Å². The van der Waals surface area contributed by atoms with Gasteiger partial charge < -0.3 is 19.5 Å². The Hall–Kier alpha value is -3.84. The number of hydrogen-bond acceptors (Lipinski definition) is 6. The van der Waals surface area contributed by atoms with Gasteiger partial charge >= 0.3 is 0 Å². The number of aromatic nitrogens is 1. The van der Waals surface area contributed by atoms with E-state index in [1.54, 1.807) is 42.6 Å². The number of para-hydroxylation sites is 1. The average Bonchev–Trinajstić information content (AvgIpc) is 3.09. The maximum atomic E-state index is 13.2. The highest BCUT2D eigenvalue weighted by molar-refractivity contribution is 6.46. The van der Waals surface area contributed by atoms with Crippen molar-refractivity contribution in [3.05, 3.63) is 94.3 Å². The maximum Gasteiger partial charge on any atom is 0.296 e. The van der Waals surface area contributed by atoms with E-state index in [1.165, 1.54) is 25.2 Å². The topological polar surface area (TPSA) is 89.0 Å². The Bertz CT molecular complexity index is 1240. The number of likely N-dealkylation sites (tertiary alicyclic amines) is 1. The first-order valence-electron chi connectivity index (χ1n) is 10.1. The Labute approximate surface area is 195 Å². The zero-order chi connectivity index (χ0) is 23.5. The largest absolute Gasteiger partial charge is 0.507 e. The van der Waals surface area contributed by atoms with Gasteiger partial charge in [-0.3, -0.25) is 14.6 Å². The van der Waals surface area contributed by atoms with Crippen molar-refractivity contribution >= 4 is 29.1 Å². The molecule has 1 saturated heterocycles. The summed E-state index contributed by atoms with van der Waals surface area (Å²) in [5, 5.41) is 11.4. The third-order valence-electron chi connectivity index (χ3n) is 5.47. The molecule has 33 heavy (non-hydrogen) atoms. The van der Waals surface area contributed by atoms with Gasteiger partial charge in [0.25, 0.3) is 11.7 Å². The number of ketones is 1. The number of carbonyl (C=O) groups excluding carboxylic acids is 2. The number of rotatable bonds is 6. The molecule has 1 aliphatic rings. The van der Waals surface area contributed by atoms with Crippen LogP contribution in [0.15, 0.2) is 72.4 Å². The van der Waals surface area contributed by atoms with E-state index in [1.807, 2.05) is 18.2 Å². The minimum Gasteiger partial charge on any atom is -0.507 e.